The molecule has 0 spiro atoms. The quantitative estimate of drug-likeness (QED) is 0.430. The molecule has 2 heterocycles. The predicted octanol–water partition coefficient (Wildman–Crippen LogP) is 3.94. The number of carbonyl (C=O) groups is 3. The molecule has 3 aromatic rings. The maximum Gasteiger partial charge on any atom is 0.358 e. The Balaban J connectivity index is 1.57. The van der Waals surface area contributed by atoms with E-state index in [4.69, 9.17) is 4.74 Å². The number of aromatic amines is 1. The lowest BCUT2D eigenvalue weighted by molar-refractivity contribution is 0.0468. The molecule has 1 aromatic carbocycles. The summed E-state index contributed by atoms with van der Waals surface area (Å²) in [5.74, 6) is -1.19. The van der Waals surface area contributed by atoms with Gasteiger partial charge in [0.1, 0.15) is 0 Å². The Morgan fingerprint density at radius 2 is 1.90 bits per heavy atom. The van der Waals surface area contributed by atoms with E-state index in [0.29, 0.717) is 28.5 Å². The van der Waals surface area contributed by atoms with Crippen molar-refractivity contribution >= 4 is 34.0 Å². The highest BCUT2D eigenvalue weighted by Crippen LogP contribution is 2.20. The summed E-state index contributed by atoms with van der Waals surface area (Å²) >= 11 is 1.29. The van der Waals surface area contributed by atoms with E-state index in [-0.39, 0.29) is 17.2 Å². The second-order valence-corrected chi connectivity index (χ2v) is 7.42. The van der Waals surface area contributed by atoms with Crippen molar-refractivity contribution in [3.63, 3.8) is 0 Å². The molecule has 0 fully saturated rings. The van der Waals surface area contributed by atoms with E-state index in [1.807, 2.05) is 30.3 Å². The van der Waals surface area contributed by atoms with Crippen molar-refractivity contribution in [1.82, 2.24) is 9.97 Å². The molecular formula is C21H21N3O4S. The summed E-state index contributed by atoms with van der Waals surface area (Å²) < 4.78 is 5.11. The van der Waals surface area contributed by atoms with Gasteiger partial charge in [-0.1, -0.05) is 30.3 Å². The first kappa shape index (κ1) is 20.5. The van der Waals surface area contributed by atoms with E-state index in [1.165, 1.54) is 18.3 Å². The fourth-order valence-electron chi connectivity index (χ4n) is 3.06. The lowest BCUT2D eigenvalue weighted by Crippen LogP contribution is -2.16. The molecule has 0 saturated heterocycles. The first-order valence-corrected chi connectivity index (χ1v) is 9.88. The average Bonchev–Trinajstić information content (AvgIpc) is 3.29. The van der Waals surface area contributed by atoms with E-state index < -0.39 is 18.4 Å². The molecule has 0 amide bonds. The zero-order valence-corrected chi connectivity index (χ0v) is 17.2. The van der Waals surface area contributed by atoms with Crippen molar-refractivity contribution < 1.29 is 19.1 Å². The average molecular weight is 411 g/mol. The minimum atomic E-state index is -0.671. The number of carbonyl (C=O) groups excluding carboxylic acids is 3. The van der Waals surface area contributed by atoms with Gasteiger partial charge in [0.2, 0.25) is 5.78 Å². The van der Waals surface area contributed by atoms with Crippen LogP contribution in [-0.4, -0.2) is 34.1 Å². The monoisotopic (exact) mass is 411 g/mol. The summed E-state index contributed by atoms with van der Waals surface area (Å²) in [4.78, 5) is 43.4. The van der Waals surface area contributed by atoms with Crippen LogP contribution in [-0.2, 0) is 11.3 Å². The zero-order chi connectivity index (χ0) is 21.0. The number of esters is 1. The SMILES string of the molecule is CC(=O)c1c(C)[nH]c(C(=O)COC(=O)c2csc(NCc3ccccc3)n2)c1C. The van der Waals surface area contributed by atoms with Crippen LogP contribution in [0.4, 0.5) is 5.13 Å². The molecule has 0 saturated carbocycles. The van der Waals surface area contributed by atoms with Gasteiger partial charge in [-0.25, -0.2) is 9.78 Å². The molecule has 0 aliphatic heterocycles. The highest BCUT2D eigenvalue weighted by Gasteiger charge is 2.21. The Morgan fingerprint density at radius 1 is 1.17 bits per heavy atom. The van der Waals surface area contributed by atoms with Gasteiger partial charge in [-0.2, -0.15) is 0 Å². The van der Waals surface area contributed by atoms with Gasteiger partial charge in [0, 0.05) is 23.2 Å². The number of aromatic nitrogens is 2. The highest BCUT2D eigenvalue weighted by atomic mass is 32.1. The molecule has 2 N–H and O–H groups in total. The first-order valence-electron chi connectivity index (χ1n) is 9.00. The van der Waals surface area contributed by atoms with Gasteiger partial charge in [-0.15, -0.1) is 11.3 Å². The molecule has 0 aliphatic rings. The Kier molecular flexibility index (Phi) is 6.23. The molecule has 7 nitrogen and oxygen atoms in total. The number of hydrogen-bond donors (Lipinski definition) is 2. The molecule has 0 aliphatic carbocycles. The van der Waals surface area contributed by atoms with Crippen molar-refractivity contribution in [2.24, 2.45) is 0 Å². The largest absolute Gasteiger partial charge is 0.452 e. The number of rotatable bonds is 8. The van der Waals surface area contributed by atoms with Crippen molar-refractivity contribution in [2.75, 3.05) is 11.9 Å². The van der Waals surface area contributed by atoms with Crippen LogP contribution >= 0.6 is 11.3 Å². The molecule has 29 heavy (non-hydrogen) atoms. The Labute approximate surface area is 172 Å². The number of nitrogens with one attached hydrogen (secondary N) is 2. The van der Waals surface area contributed by atoms with Gasteiger partial charge in [-0.05, 0) is 31.9 Å². The van der Waals surface area contributed by atoms with E-state index in [9.17, 15) is 14.4 Å². The van der Waals surface area contributed by atoms with Crippen LogP contribution < -0.4 is 5.32 Å². The van der Waals surface area contributed by atoms with Crippen molar-refractivity contribution in [2.45, 2.75) is 27.3 Å². The smallest absolute Gasteiger partial charge is 0.358 e. The Hall–Kier alpha value is -3.26. The normalized spacial score (nSPS) is 10.6. The van der Waals surface area contributed by atoms with Crippen LogP contribution in [0.25, 0.3) is 0 Å². The summed E-state index contributed by atoms with van der Waals surface area (Å²) in [6, 6.07) is 9.82. The van der Waals surface area contributed by atoms with Crippen LogP contribution in [0.3, 0.4) is 0 Å². The van der Waals surface area contributed by atoms with Gasteiger partial charge in [-0.3, -0.25) is 9.59 Å². The second kappa shape index (κ2) is 8.83. The lowest BCUT2D eigenvalue weighted by atomic mass is 10.1. The van der Waals surface area contributed by atoms with E-state index in [0.717, 1.165) is 5.56 Å². The van der Waals surface area contributed by atoms with Gasteiger partial charge in [0.15, 0.2) is 23.2 Å². The summed E-state index contributed by atoms with van der Waals surface area (Å²) in [6.45, 7) is 5.03. The van der Waals surface area contributed by atoms with Crippen LogP contribution in [0.5, 0.6) is 0 Å². The standard InChI is InChI=1S/C21H21N3O4S/c1-12-18(14(3)25)13(2)23-19(12)17(26)10-28-20(27)16-11-29-21(24-16)22-9-15-7-5-4-6-8-15/h4-8,11,23H,9-10H2,1-3H3,(H,22,24). The van der Waals surface area contributed by atoms with Gasteiger partial charge in [0.05, 0.1) is 5.69 Å². The minimum Gasteiger partial charge on any atom is -0.452 e. The number of aryl methyl sites for hydroxylation is 1. The minimum absolute atomic E-state index is 0.120. The summed E-state index contributed by atoms with van der Waals surface area (Å²) in [7, 11) is 0. The van der Waals surface area contributed by atoms with Gasteiger partial charge >= 0.3 is 5.97 Å². The maximum atomic E-state index is 12.4. The molecular weight excluding hydrogens is 390 g/mol. The first-order chi connectivity index (χ1) is 13.9. The van der Waals surface area contributed by atoms with Crippen LogP contribution in [0.2, 0.25) is 0 Å². The van der Waals surface area contributed by atoms with Crippen molar-refractivity contribution in [3.05, 3.63) is 69.5 Å². The molecule has 0 unspecified atom stereocenters. The Morgan fingerprint density at radius 3 is 2.55 bits per heavy atom. The molecule has 3 rings (SSSR count). The van der Waals surface area contributed by atoms with Gasteiger partial charge in [0.25, 0.3) is 0 Å². The number of H-pyrrole nitrogens is 1. The van der Waals surface area contributed by atoms with Gasteiger partial charge < -0.3 is 15.0 Å². The number of ketones is 2. The summed E-state index contributed by atoms with van der Waals surface area (Å²) in [6.07, 6.45) is 0. The number of hydrogen-bond acceptors (Lipinski definition) is 7. The number of nitrogens with zero attached hydrogens (tertiary/aromatic N) is 1. The summed E-state index contributed by atoms with van der Waals surface area (Å²) in [5.41, 5.74) is 3.20. The van der Waals surface area contributed by atoms with E-state index in [2.05, 4.69) is 15.3 Å². The Bertz CT molecular complexity index is 1050. The molecule has 2 aromatic heterocycles. The maximum absolute atomic E-state index is 12.4. The highest BCUT2D eigenvalue weighted by molar-refractivity contribution is 7.13. The third-order valence-corrected chi connectivity index (χ3v) is 5.20. The third kappa shape index (κ3) is 4.78. The summed E-state index contributed by atoms with van der Waals surface area (Å²) in [5, 5.41) is 5.32. The number of thiazole rings is 1. The second-order valence-electron chi connectivity index (χ2n) is 6.56. The number of benzene rings is 1. The van der Waals surface area contributed by atoms with E-state index in [1.54, 1.807) is 19.2 Å². The fraction of sp³-hybridized carbons (Fsp3) is 0.238. The molecule has 0 radical (unpaired) electrons. The third-order valence-electron chi connectivity index (χ3n) is 4.40. The van der Waals surface area contributed by atoms with Crippen molar-refractivity contribution in [1.29, 1.82) is 0 Å². The van der Waals surface area contributed by atoms with Crippen LogP contribution in [0.1, 0.15) is 55.1 Å². The number of Topliss-reactive ketones (excluding diaryl/α,β-unsaturated/α-hetero) is 2. The molecule has 8 heteroatoms. The zero-order valence-electron chi connectivity index (χ0n) is 16.4. The van der Waals surface area contributed by atoms with Crippen LogP contribution in [0.15, 0.2) is 35.7 Å². The molecule has 150 valence electrons. The lowest BCUT2D eigenvalue weighted by Gasteiger charge is -2.03. The number of anilines is 1. The topological polar surface area (TPSA) is 101 Å². The van der Waals surface area contributed by atoms with E-state index >= 15 is 0 Å². The fourth-order valence-corrected chi connectivity index (χ4v) is 3.74. The number of ether oxygens (including phenoxy) is 1. The molecule has 0 bridgehead atoms. The predicted molar refractivity (Wildman–Crippen MR) is 111 cm³/mol. The molecule has 0 atom stereocenters. The van der Waals surface area contributed by atoms with Crippen LogP contribution in [0, 0.1) is 13.8 Å². The van der Waals surface area contributed by atoms with Crippen molar-refractivity contribution in [3.8, 4) is 0 Å².